The summed E-state index contributed by atoms with van der Waals surface area (Å²) in [7, 11) is 0. The molecule has 0 unspecified atom stereocenters. The Morgan fingerprint density at radius 3 is 2.54 bits per heavy atom. The van der Waals surface area contributed by atoms with E-state index in [1.165, 1.54) is 5.56 Å². The molecule has 2 atom stereocenters. The SMILES string of the molecule is Cc1cc([C@H]2[C@H](c3ccccn3)NC(=S)N2c2ccc(NC(=O)C(C)C)c(Cl)c2)c(C)n1Cc1ccncc1. The number of aryl methyl sites for hydroxylation is 1. The first-order chi connectivity index (χ1) is 18.7. The Morgan fingerprint density at radius 1 is 1.10 bits per heavy atom. The number of nitrogens with one attached hydrogen (secondary N) is 2. The molecular weight excluding hydrogens is 528 g/mol. The van der Waals surface area contributed by atoms with Gasteiger partial charge in [-0.25, -0.2) is 0 Å². The van der Waals surface area contributed by atoms with Crippen molar-refractivity contribution in [3.8, 4) is 0 Å². The molecule has 0 aliphatic carbocycles. The van der Waals surface area contributed by atoms with E-state index in [1.54, 1.807) is 6.20 Å². The van der Waals surface area contributed by atoms with Crippen molar-refractivity contribution in [3.63, 3.8) is 0 Å². The van der Waals surface area contributed by atoms with Gasteiger partial charge in [-0.05, 0) is 85.7 Å². The summed E-state index contributed by atoms with van der Waals surface area (Å²) in [5.74, 6) is -0.236. The Morgan fingerprint density at radius 2 is 1.87 bits per heavy atom. The van der Waals surface area contributed by atoms with E-state index in [-0.39, 0.29) is 23.9 Å². The fourth-order valence-corrected chi connectivity index (χ4v) is 5.59. The molecule has 1 fully saturated rings. The average Bonchev–Trinajstić information content (AvgIpc) is 3.41. The van der Waals surface area contributed by atoms with Crippen molar-refractivity contribution in [3.05, 3.63) is 106 Å². The van der Waals surface area contributed by atoms with Gasteiger partial charge >= 0.3 is 0 Å². The zero-order valence-electron chi connectivity index (χ0n) is 22.4. The number of anilines is 2. The lowest BCUT2D eigenvalue weighted by molar-refractivity contribution is -0.118. The van der Waals surface area contributed by atoms with E-state index >= 15 is 0 Å². The van der Waals surface area contributed by atoms with Crippen molar-refractivity contribution in [2.24, 2.45) is 5.92 Å². The van der Waals surface area contributed by atoms with Crippen molar-refractivity contribution in [2.45, 2.75) is 46.3 Å². The number of amides is 1. The second-order valence-electron chi connectivity index (χ2n) is 10.1. The normalized spacial score (nSPS) is 17.0. The van der Waals surface area contributed by atoms with Crippen LogP contribution < -0.4 is 15.5 Å². The summed E-state index contributed by atoms with van der Waals surface area (Å²) < 4.78 is 2.32. The van der Waals surface area contributed by atoms with Crippen molar-refractivity contribution < 1.29 is 4.79 Å². The Bertz CT molecular complexity index is 1500. The maximum atomic E-state index is 12.3. The highest BCUT2D eigenvalue weighted by molar-refractivity contribution is 7.80. The number of nitrogens with zero attached hydrogens (tertiary/aromatic N) is 4. The molecule has 1 amide bonds. The predicted molar refractivity (Wildman–Crippen MR) is 160 cm³/mol. The second kappa shape index (κ2) is 11.2. The topological polar surface area (TPSA) is 75.1 Å². The van der Waals surface area contributed by atoms with Gasteiger partial charge in [0.15, 0.2) is 5.11 Å². The molecule has 1 aliphatic rings. The molecular formula is C30H31ClN6OS. The van der Waals surface area contributed by atoms with Crippen LogP contribution in [-0.4, -0.2) is 25.6 Å². The lowest BCUT2D eigenvalue weighted by atomic mass is 9.96. The van der Waals surface area contributed by atoms with Crippen LogP contribution in [0.15, 0.2) is 73.2 Å². The Balaban J connectivity index is 1.57. The Hall–Kier alpha value is -3.75. The van der Waals surface area contributed by atoms with Gasteiger partial charge in [-0.15, -0.1) is 0 Å². The highest BCUT2D eigenvalue weighted by Crippen LogP contribution is 2.44. The summed E-state index contributed by atoms with van der Waals surface area (Å²) in [4.78, 5) is 23.2. The maximum absolute atomic E-state index is 12.3. The molecule has 0 spiro atoms. The molecule has 0 radical (unpaired) electrons. The van der Waals surface area contributed by atoms with E-state index in [2.05, 4.69) is 50.0 Å². The summed E-state index contributed by atoms with van der Waals surface area (Å²) in [6.07, 6.45) is 5.44. The van der Waals surface area contributed by atoms with E-state index in [9.17, 15) is 4.79 Å². The van der Waals surface area contributed by atoms with Gasteiger partial charge in [0.2, 0.25) is 5.91 Å². The molecule has 1 aromatic carbocycles. The van der Waals surface area contributed by atoms with Gasteiger partial charge in [-0.2, -0.15) is 0 Å². The number of pyridine rings is 2. The Kier molecular flexibility index (Phi) is 7.68. The number of aromatic nitrogens is 3. The van der Waals surface area contributed by atoms with E-state index in [1.807, 2.05) is 74.8 Å². The molecule has 1 aliphatic heterocycles. The van der Waals surface area contributed by atoms with Gasteiger partial charge in [0.05, 0.1) is 28.5 Å². The monoisotopic (exact) mass is 558 g/mol. The number of carbonyl (C=O) groups excluding carboxylic acids is 1. The second-order valence-corrected chi connectivity index (χ2v) is 10.9. The minimum atomic E-state index is -0.173. The van der Waals surface area contributed by atoms with Crippen LogP contribution in [0.1, 0.15) is 54.1 Å². The molecule has 1 saturated heterocycles. The molecule has 39 heavy (non-hydrogen) atoms. The molecule has 0 bridgehead atoms. The van der Waals surface area contributed by atoms with E-state index in [0.717, 1.165) is 34.9 Å². The number of thiocarbonyl (C=S) groups is 1. The van der Waals surface area contributed by atoms with Crippen LogP contribution in [0, 0.1) is 19.8 Å². The van der Waals surface area contributed by atoms with Gasteiger partial charge in [0.25, 0.3) is 0 Å². The number of rotatable bonds is 7. The van der Waals surface area contributed by atoms with E-state index < -0.39 is 0 Å². The third kappa shape index (κ3) is 5.40. The number of benzene rings is 1. The minimum absolute atomic E-state index is 0.0854. The van der Waals surface area contributed by atoms with Crippen LogP contribution in [0.4, 0.5) is 11.4 Å². The van der Waals surface area contributed by atoms with Crippen LogP contribution in [0.3, 0.4) is 0 Å². The largest absolute Gasteiger partial charge is 0.351 e. The van der Waals surface area contributed by atoms with Crippen LogP contribution >= 0.6 is 23.8 Å². The van der Waals surface area contributed by atoms with Crippen LogP contribution in [0.2, 0.25) is 5.02 Å². The minimum Gasteiger partial charge on any atom is -0.351 e. The molecule has 3 aromatic heterocycles. The summed E-state index contributed by atoms with van der Waals surface area (Å²) >= 11 is 12.6. The van der Waals surface area contributed by atoms with Crippen molar-refractivity contribution in [2.75, 3.05) is 10.2 Å². The molecule has 2 N–H and O–H groups in total. The smallest absolute Gasteiger partial charge is 0.226 e. The maximum Gasteiger partial charge on any atom is 0.226 e. The summed E-state index contributed by atoms with van der Waals surface area (Å²) in [6.45, 7) is 8.71. The standard InChI is InChI=1S/C30H31ClN6OS/c1-18(2)29(38)34-25-9-8-22(16-24(25)31)37-28(27(35-30(37)39)26-7-5-6-12-33-26)23-15-19(3)36(20(23)4)17-21-10-13-32-14-11-21/h5-16,18,27-28H,17H2,1-4H3,(H,34,38)(H,35,39)/t27-,28-/m0/s1. The predicted octanol–water partition coefficient (Wildman–Crippen LogP) is 6.37. The fraction of sp³-hybridized carbons (Fsp3) is 0.267. The van der Waals surface area contributed by atoms with Gasteiger partial charge in [0, 0.05) is 48.1 Å². The van der Waals surface area contributed by atoms with Crippen LogP contribution in [-0.2, 0) is 11.3 Å². The third-order valence-corrected chi connectivity index (χ3v) is 7.76. The van der Waals surface area contributed by atoms with Crippen molar-refractivity contribution in [1.82, 2.24) is 19.9 Å². The molecule has 9 heteroatoms. The average molecular weight is 559 g/mol. The van der Waals surface area contributed by atoms with Crippen LogP contribution in [0.25, 0.3) is 0 Å². The molecule has 4 heterocycles. The van der Waals surface area contributed by atoms with Gasteiger partial charge < -0.3 is 20.1 Å². The first-order valence-electron chi connectivity index (χ1n) is 12.9. The summed E-state index contributed by atoms with van der Waals surface area (Å²) in [6, 6.07) is 17.5. The van der Waals surface area contributed by atoms with Crippen molar-refractivity contribution >= 4 is 46.2 Å². The number of carbonyl (C=O) groups is 1. The summed E-state index contributed by atoms with van der Waals surface area (Å²) in [5.41, 5.74) is 6.95. The Labute approximate surface area is 239 Å². The number of hydrogen-bond acceptors (Lipinski definition) is 4. The lowest BCUT2D eigenvalue weighted by Crippen LogP contribution is -2.29. The first kappa shape index (κ1) is 26.8. The first-order valence-corrected chi connectivity index (χ1v) is 13.7. The number of halogens is 1. The third-order valence-electron chi connectivity index (χ3n) is 7.13. The fourth-order valence-electron chi connectivity index (χ4n) is 5.02. The molecule has 7 nitrogen and oxygen atoms in total. The van der Waals surface area contributed by atoms with Gasteiger partial charge in [0.1, 0.15) is 0 Å². The molecule has 5 rings (SSSR count). The summed E-state index contributed by atoms with van der Waals surface area (Å²) in [5, 5.41) is 7.46. The van der Waals surface area contributed by atoms with E-state index in [4.69, 9.17) is 23.8 Å². The zero-order valence-corrected chi connectivity index (χ0v) is 23.9. The molecule has 200 valence electrons. The molecule has 4 aromatic rings. The number of hydrogen-bond donors (Lipinski definition) is 2. The highest BCUT2D eigenvalue weighted by atomic mass is 35.5. The van der Waals surface area contributed by atoms with Crippen LogP contribution in [0.5, 0.6) is 0 Å². The van der Waals surface area contributed by atoms with E-state index in [0.29, 0.717) is 15.8 Å². The van der Waals surface area contributed by atoms with Gasteiger partial charge in [-0.1, -0.05) is 31.5 Å². The van der Waals surface area contributed by atoms with Gasteiger partial charge in [-0.3, -0.25) is 14.8 Å². The lowest BCUT2D eigenvalue weighted by Gasteiger charge is -2.28. The highest BCUT2D eigenvalue weighted by Gasteiger charge is 2.42. The molecule has 0 saturated carbocycles. The van der Waals surface area contributed by atoms with Crippen molar-refractivity contribution in [1.29, 1.82) is 0 Å². The quantitative estimate of drug-likeness (QED) is 0.257. The zero-order chi connectivity index (χ0) is 27.7.